The minimum atomic E-state index is -1.44. The van der Waals surface area contributed by atoms with E-state index >= 15 is 0 Å². The molecule has 2 amide bonds. The van der Waals surface area contributed by atoms with Crippen molar-refractivity contribution < 1.29 is 48.3 Å². The molecule has 13 nitrogen and oxygen atoms in total. The van der Waals surface area contributed by atoms with Crippen molar-refractivity contribution in [2.24, 2.45) is 22.9 Å². The van der Waals surface area contributed by atoms with E-state index in [-0.39, 0.29) is 57.2 Å². The molecule has 0 aromatic heterocycles. The van der Waals surface area contributed by atoms with Crippen LogP contribution in [-0.2, 0) is 25.7 Å². The van der Waals surface area contributed by atoms with Crippen LogP contribution in [0.1, 0.15) is 103 Å². The highest BCUT2D eigenvalue weighted by molar-refractivity contribution is 6.03. The van der Waals surface area contributed by atoms with Crippen molar-refractivity contribution in [1.82, 2.24) is 10.2 Å². The highest BCUT2D eigenvalue weighted by atomic mass is 16.7. The van der Waals surface area contributed by atoms with Gasteiger partial charge in [-0.3, -0.25) is 4.90 Å². The smallest absolute Gasteiger partial charge is 0.412 e. The average molecular weight is 834 g/mol. The van der Waals surface area contributed by atoms with Crippen LogP contribution in [0.3, 0.4) is 0 Å². The summed E-state index contributed by atoms with van der Waals surface area (Å²) in [4.78, 5) is 35.1. The molecule has 0 radical (unpaired) electrons. The second-order valence-corrected chi connectivity index (χ2v) is 16.7. The first-order valence-corrected chi connectivity index (χ1v) is 21.8. The number of unbranched alkanes of at least 4 members (excludes halogenated alkanes) is 2. The molecule has 1 aliphatic heterocycles. The van der Waals surface area contributed by atoms with Crippen molar-refractivity contribution >= 4 is 17.9 Å². The summed E-state index contributed by atoms with van der Waals surface area (Å²) < 4.78 is 31.9. The van der Waals surface area contributed by atoms with E-state index in [1.54, 1.807) is 17.0 Å². The summed E-state index contributed by atoms with van der Waals surface area (Å²) in [5, 5.41) is 27.3. The van der Waals surface area contributed by atoms with Gasteiger partial charge in [0.2, 0.25) is 5.79 Å². The minimum Gasteiger partial charge on any atom is -0.459 e. The molecule has 1 fully saturated rings. The zero-order valence-electron chi connectivity index (χ0n) is 36.2. The van der Waals surface area contributed by atoms with Crippen molar-refractivity contribution in [3.63, 3.8) is 0 Å². The van der Waals surface area contributed by atoms with Gasteiger partial charge in [-0.2, -0.15) is 0 Å². The van der Waals surface area contributed by atoms with Gasteiger partial charge in [0.1, 0.15) is 29.7 Å². The number of amides is 2. The van der Waals surface area contributed by atoms with E-state index < -0.39 is 35.5 Å². The van der Waals surface area contributed by atoms with E-state index in [1.807, 2.05) is 77.1 Å². The monoisotopic (exact) mass is 833 g/mol. The number of hydrogen-bond acceptors (Lipinski definition) is 11. The SMILES string of the molecule is C=CCO[C@@]12Oc3ccc(OC(=O)NCC)cc3[C@H]3[C@H](CCCCO)[C@@H](CCCCO)C=C(C(=NOC(C)(C)C)C[C@@H]1N(CCC)C(=O)OCCOCc1ccccc1)[C@H]32. The highest BCUT2D eigenvalue weighted by Crippen LogP contribution is 2.62. The topological polar surface area (TPSA) is 158 Å². The number of carbonyl (C=O) groups is 2. The fourth-order valence-electron chi connectivity index (χ4n) is 8.84. The summed E-state index contributed by atoms with van der Waals surface area (Å²) in [6.45, 7) is 15.4. The first-order chi connectivity index (χ1) is 29.0. The Kier molecular flexibility index (Phi) is 17.4. The second-order valence-electron chi connectivity index (χ2n) is 16.7. The summed E-state index contributed by atoms with van der Waals surface area (Å²) in [6.07, 6.45) is 8.22. The molecule has 3 N–H and O–H groups in total. The van der Waals surface area contributed by atoms with Crippen molar-refractivity contribution in [3.05, 3.63) is 84.0 Å². The Balaban J connectivity index is 1.67. The zero-order valence-corrected chi connectivity index (χ0v) is 36.2. The maximum absolute atomic E-state index is 14.4. The number of aliphatic hydroxyl groups excluding tert-OH is 2. The fraction of sp³-hybridized carbons (Fsp3) is 0.596. The first-order valence-electron chi connectivity index (χ1n) is 21.8. The molecule has 60 heavy (non-hydrogen) atoms. The van der Waals surface area contributed by atoms with Gasteiger partial charge in [-0.15, -0.1) is 6.58 Å². The van der Waals surface area contributed by atoms with Crippen LogP contribution >= 0.6 is 0 Å². The molecule has 0 spiro atoms. The lowest BCUT2D eigenvalue weighted by Crippen LogP contribution is -2.70. The van der Waals surface area contributed by atoms with Crippen LogP contribution in [0.25, 0.3) is 0 Å². The minimum absolute atomic E-state index is 0.00921. The predicted molar refractivity (Wildman–Crippen MR) is 230 cm³/mol. The van der Waals surface area contributed by atoms with Gasteiger partial charge in [0.05, 0.1) is 31.5 Å². The third-order valence-electron chi connectivity index (χ3n) is 11.2. The van der Waals surface area contributed by atoms with E-state index in [4.69, 9.17) is 33.7 Å². The number of fused-ring (bicyclic) bond motifs is 2. The van der Waals surface area contributed by atoms with Crippen molar-refractivity contribution in [2.75, 3.05) is 46.1 Å². The molecule has 6 atom stereocenters. The summed E-state index contributed by atoms with van der Waals surface area (Å²) >= 11 is 0. The number of allylic oxidation sites excluding steroid dienone is 1. The van der Waals surface area contributed by atoms with Gasteiger partial charge in [-0.1, -0.05) is 67.4 Å². The van der Waals surface area contributed by atoms with E-state index in [9.17, 15) is 19.8 Å². The maximum Gasteiger partial charge on any atom is 0.412 e. The van der Waals surface area contributed by atoms with Crippen LogP contribution in [0.4, 0.5) is 9.59 Å². The van der Waals surface area contributed by atoms with Crippen LogP contribution in [-0.4, -0.2) is 96.6 Å². The Morgan fingerprint density at radius 1 is 1.03 bits per heavy atom. The fourth-order valence-corrected chi connectivity index (χ4v) is 8.84. The van der Waals surface area contributed by atoms with Gasteiger partial charge < -0.3 is 44.1 Å². The van der Waals surface area contributed by atoms with Crippen LogP contribution in [0.5, 0.6) is 11.5 Å². The van der Waals surface area contributed by atoms with Crippen LogP contribution in [0.15, 0.2) is 78.0 Å². The van der Waals surface area contributed by atoms with E-state index in [1.165, 1.54) is 0 Å². The molecule has 3 aliphatic rings. The predicted octanol–water partition coefficient (Wildman–Crippen LogP) is 8.29. The molecule has 330 valence electrons. The van der Waals surface area contributed by atoms with Gasteiger partial charge >= 0.3 is 12.2 Å². The lowest BCUT2D eigenvalue weighted by atomic mass is 9.55. The molecular formula is C47H67N3O10. The number of hydrogen-bond donors (Lipinski definition) is 3. The number of carbonyl (C=O) groups excluding carboxylic acids is 2. The van der Waals surface area contributed by atoms with Gasteiger partial charge in [-0.25, -0.2) is 9.59 Å². The zero-order chi connectivity index (χ0) is 43.1. The van der Waals surface area contributed by atoms with Crippen molar-refractivity contribution in [1.29, 1.82) is 0 Å². The lowest BCUT2D eigenvalue weighted by molar-refractivity contribution is -0.255. The number of ether oxygens (including phenoxy) is 5. The quantitative estimate of drug-likeness (QED) is 0.0599. The van der Waals surface area contributed by atoms with E-state index in [0.717, 1.165) is 42.4 Å². The first kappa shape index (κ1) is 46.6. The molecule has 2 aromatic carbocycles. The Hall–Kier alpha value is -4.43. The molecular weight excluding hydrogens is 767 g/mol. The normalized spacial score (nSPS) is 23.7. The Morgan fingerprint density at radius 2 is 1.78 bits per heavy atom. The molecule has 0 unspecified atom stereocenters. The van der Waals surface area contributed by atoms with Crippen LogP contribution < -0.4 is 14.8 Å². The standard InChI is InChI=1S/C47H67N3O10/c1-7-23-50(45(54)56-28-27-55-32-33-17-11-10-12-18-33)41-31-39(49-60-46(4,5)6)37-29-34(19-13-15-24-51)36(20-14-16-25-52)42-38-30-35(58-44(53)48-9-3)21-22-40(38)59-47(41,43(37)42)57-26-8-2/h8,10-12,17-18,21-22,29-30,34,36,41-43,51-52H,2,7,9,13-16,19-20,23-28,31-32H2,1,3-6H3,(H,48,53)/t34-,36+,41-,42+,43+,47+/m0/s1. The maximum atomic E-state index is 14.4. The Labute approximate surface area is 356 Å². The molecule has 5 rings (SSSR count). The number of nitrogens with zero attached hydrogens (tertiary/aromatic N) is 2. The molecule has 0 bridgehead atoms. The number of aliphatic hydroxyl groups is 2. The van der Waals surface area contributed by atoms with Crippen LogP contribution in [0.2, 0.25) is 0 Å². The summed E-state index contributed by atoms with van der Waals surface area (Å²) in [5.41, 5.74) is 2.87. The van der Waals surface area contributed by atoms with Crippen molar-refractivity contribution in [3.8, 4) is 11.5 Å². The molecule has 1 heterocycles. The second kappa shape index (κ2) is 22.4. The summed E-state index contributed by atoms with van der Waals surface area (Å²) in [5.74, 6) is -1.25. The number of nitrogens with one attached hydrogen (secondary N) is 1. The number of benzene rings is 2. The molecule has 0 saturated heterocycles. The third kappa shape index (κ3) is 11.7. The average Bonchev–Trinajstić information content (AvgIpc) is 3.22. The van der Waals surface area contributed by atoms with Gasteiger partial charge in [0.25, 0.3) is 0 Å². The van der Waals surface area contributed by atoms with Crippen LogP contribution in [0, 0.1) is 17.8 Å². The summed E-state index contributed by atoms with van der Waals surface area (Å²) in [7, 11) is 0. The number of oxime groups is 1. The Bertz CT molecular complexity index is 1760. The third-order valence-corrected chi connectivity index (χ3v) is 11.2. The lowest BCUT2D eigenvalue weighted by Gasteiger charge is -2.60. The van der Waals surface area contributed by atoms with Crippen molar-refractivity contribution in [2.45, 2.75) is 116 Å². The van der Waals surface area contributed by atoms with Gasteiger partial charge in [0.15, 0.2) is 0 Å². The molecule has 1 saturated carbocycles. The summed E-state index contributed by atoms with van der Waals surface area (Å²) in [6, 6.07) is 14.5. The van der Waals surface area contributed by atoms with Gasteiger partial charge in [-0.05, 0) is 101 Å². The Morgan fingerprint density at radius 3 is 2.47 bits per heavy atom. The molecule has 2 aliphatic carbocycles. The molecule has 13 heteroatoms. The molecule has 2 aromatic rings. The largest absolute Gasteiger partial charge is 0.459 e. The van der Waals surface area contributed by atoms with Gasteiger partial charge in [0, 0.05) is 44.2 Å². The number of rotatable bonds is 22. The van der Waals surface area contributed by atoms with E-state index in [2.05, 4.69) is 18.0 Å². The highest BCUT2D eigenvalue weighted by Gasteiger charge is 2.65. The van der Waals surface area contributed by atoms with E-state index in [0.29, 0.717) is 56.2 Å².